The summed E-state index contributed by atoms with van der Waals surface area (Å²) in [6.45, 7) is 6.17. The van der Waals surface area contributed by atoms with Crippen molar-refractivity contribution in [1.82, 2.24) is 0 Å². The minimum atomic E-state index is -0.392. The van der Waals surface area contributed by atoms with Crippen LogP contribution < -0.4 is 9.47 Å². The normalized spacial score (nSPS) is 11.3. The Hall–Kier alpha value is -2.64. The van der Waals surface area contributed by atoms with E-state index in [9.17, 15) is 10.1 Å². The Bertz CT molecular complexity index is 798. The van der Waals surface area contributed by atoms with E-state index in [4.69, 9.17) is 18.9 Å². The Kier molecular flexibility index (Phi) is 6.76. The smallest absolute Gasteiger partial charge is 0.277 e. The van der Waals surface area contributed by atoms with E-state index in [0.717, 1.165) is 5.56 Å². The van der Waals surface area contributed by atoms with Gasteiger partial charge in [-0.2, -0.15) is 0 Å². The van der Waals surface area contributed by atoms with Gasteiger partial charge in [0.1, 0.15) is 0 Å². The van der Waals surface area contributed by atoms with Crippen molar-refractivity contribution in [1.29, 1.82) is 0 Å². The molecule has 0 saturated heterocycles. The monoisotopic (exact) mass is 375 g/mol. The van der Waals surface area contributed by atoms with Crippen molar-refractivity contribution in [3.05, 3.63) is 52.1 Å². The molecule has 7 nitrogen and oxygen atoms in total. The van der Waals surface area contributed by atoms with Crippen LogP contribution in [0, 0.1) is 10.1 Å². The Labute approximate surface area is 159 Å². The molecule has 27 heavy (non-hydrogen) atoms. The molecule has 2 aromatic carbocycles. The summed E-state index contributed by atoms with van der Waals surface area (Å²) in [4.78, 5) is 11.1. The SMILES string of the molecule is COCOc1cc(-c2ccccc2[N+](=O)[O-])cc(C(C)(C)C)c1OCOC. The second-order valence-corrected chi connectivity index (χ2v) is 6.98. The number of nitro groups is 1. The first-order valence-corrected chi connectivity index (χ1v) is 8.45. The lowest BCUT2D eigenvalue weighted by molar-refractivity contribution is -0.384. The standard InChI is InChI=1S/C20H25NO6/c1-20(2,3)16-10-14(15-8-6-7-9-17(15)21(22)23)11-18(26-12-24-4)19(16)27-13-25-5/h6-11H,12-13H2,1-5H3. The molecule has 0 saturated carbocycles. The van der Waals surface area contributed by atoms with Crippen molar-refractivity contribution < 1.29 is 23.9 Å². The predicted octanol–water partition coefficient (Wildman–Crippen LogP) is 4.52. The van der Waals surface area contributed by atoms with Gasteiger partial charge in [-0.05, 0) is 29.2 Å². The lowest BCUT2D eigenvalue weighted by Gasteiger charge is -2.25. The average molecular weight is 375 g/mol. The van der Waals surface area contributed by atoms with Crippen molar-refractivity contribution in [2.24, 2.45) is 0 Å². The molecule has 0 bridgehead atoms. The van der Waals surface area contributed by atoms with Crippen LogP contribution in [0.15, 0.2) is 36.4 Å². The number of para-hydroxylation sites is 1. The predicted molar refractivity (Wildman–Crippen MR) is 102 cm³/mol. The second-order valence-electron chi connectivity index (χ2n) is 6.98. The number of rotatable bonds is 8. The molecule has 0 N–H and O–H groups in total. The molecule has 0 aromatic heterocycles. The van der Waals surface area contributed by atoms with Gasteiger partial charge < -0.3 is 18.9 Å². The van der Waals surface area contributed by atoms with Crippen LogP contribution in [0.3, 0.4) is 0 Å². The Morgan fingerprint density at radius 1 is 1.00 bits per heavy atom. The van der Waals surface area contributed by atoms with E-state index in [1.54, 1.807) is 24.3 Å². The number of benzene rings is 2. The third-order valence-electron chi connectivity index (χ3n) is 3.93. The minimum Gasteiger partial charge on any atom is -0.464 e. The zero-order valence-electron chi connectivity index (χ0n) is 16.3. The summed E-state index contributed by atoms with van der Waals surface area (Å²) < 4.78 is 21.5. The first-order chi connectivity index (χ1) is 12.8. The van der Waals surface area contributed by atoms with Gasteiger partial charge in [-0.15, -0.1) is 0 Å². The van der Waals surface area contributed by atoms with Gasteiger partial charge in [0, 0.05) is 25.8 Å². The third-order valence-corrected chi connectivity index (χ3v) is 3.93. The second kappa shape index (κ2) is 8.83. The number of hydrogen-bond donors (Lipinski definition) is 0. The average Bonchev–Trinajstić information content (AvgIpc) is 2.63. The van der Waals surface area contributed by atoms with E-state index in [1.165, 1.54) is 20.3 Å². The first kappa shape index (κ1) is 20.7. The van der Waals surface area contributed by atoms with Gasteiger partial charge >= 0.3 is 0 Å². The molecule has 0 amide bonds. The van der Waals surface area contributed by atoms with Crippen molar-refractivity contribution in [3.63, 3.8) is 0 Å². The summed E-state index contributed by atoms with van der Waals surface area (Å²) in [5.74, 6) is 0.971. The van der Waals surface area contributed by atoms with E-state index in [0.29, 0.717) is 22.6 Å². The molecule has 0 fully saturated rings. The van der Waals surface area contributed by atoms with Gasteiger partial charge in [0.2, 0.25) is 0 Å². The number of hydrogen-bond acceptors (Lipinski definition) is 6. The van der Waals surface area contributed by atoms with Crippen molar-refractivity contribution in [3.8, 4) is 22.6 Å². The highest BCUT2D eigenvalue weighted by atomic mass is 16.7. The maximum atomic E-state index is 11.5. The summed E-state index contributed by atoms with van der Waals surface area (Å²) in [6.07, 6.45) is 0. The molecule has 0 unspecified atom stereocenters. The molecule has 0 atom stereocenters. The summed E-state index contributed by atoms with van der Waals surface area (Å²) in [5, 5.41) is 11.5. The van der Waals surface area contributed by atoms with Crippen molar-refractivity contribution in [2.45, 2.75) is 26.2 Å². The molecule has 0 aliphatic rings. The maximum Gasteiger partial charge on any atom is 0.277 e. The first-order valence-electron chi connectivity index (χ1n) is 8.45. The van der Waals surface area contributed by atoms with Crippen LogP contribution in [0.2, 0.25) is 0 Å². The molecular weight excluding hydrogens is 350 g/mol. The van der Waals surface area contributed by atoms with E-state index < -0.39 is 4.92 Å². The van der Waals surface area contributed by atoms with Crippen LogP contribution in [-0.2, 0) is 14.9 Å². The van der Waals surface area contributed by atoms with E-state index in [-0.39, 0.29) is 24.7 Å². The maximum absolute atomic E-state index is 11.5. The molecular formula is C20H25NO6. The van der Waals surface area contributed by atoms with Gasteiger partial charge in [0.05, 0.1) is 10.5 Å². The van der Waals surface area contributed by atoms with Crippen LogP contribution in [0.1, 0.15) is 26.3 Å². The molecule has 0 aliphatic heterocycles. The molecule has 2 aromatic rings. The molecule has 0 radical (unpaired) electrons. The molecule has 146 valence electrons. The van der Waals surface area contributed by atoms with Gasteiger partial charge in [-0.1, -0.05) is 32.9 Å². The number of ether oxygens (including phenoxy) is 4. The summed E-state index contributed by atoms with van der Waals surface area (Å²) >= 11 is 0. The number of nitrogens with zero attached hydrogens (tertiary/aromatic N) is 1. The van der Waals surface area contributed by atoms with Gasteiger partial charge in [-0.3, -0.25) is 10.1 Å². The zero-order chi connectivity index (χ0) is 20.0. The summed E-state index contributed by atoms with van der Waals surface area (Å²) in [7, 11) is 3.06. The molecule has 0 heterocycles. The highest BCUT2D eigenvalue weighted by Gasteiger charge is 2.26. The van der Waals surface area contributed by atoms with Gasteiger partial charge in [-0.25, -0.2) is 0 Å². The summed E-state index contributed by atoms with van der Waals surface area (Å²) in [5.41, 5.74) is 1.76. The van der Waals surface area contributed by atoms with Crippen molar-refractivity contribution >= 4 is 5.69 Å². The van der Waals surface area contributed by atoms with Crippen LogP contribution in [0.25, 0.3) is 11.1 Å². The lowest BCUT2D eigenvalue weighted by atomic mass is 9.84. The fourth-order valence-electron chi connectivity index (χ4n) is 2.69. The van der Waals surface area contributed by atoms with Crippen LogP contribution in [0.5, 0.6) is 11.5 Å². The van der Waals surface area contributed by atoms with E-state index >= 15 is 0 Å². The quantitative estimate of drug-likeness (QED) is 0.383. The Morgan fingerprint density at radius 2 is 1.63 bits per heavy atom. The van der Waals surface area contributed by atoms with Gasteiger partial charge in [0.25, 0.3) is 5.69 Å². The zero-order valence-corrected chi connectivity index (χ0v) is 16.3. The number of nitro benzene ring substituents is 1. The summed E-state index contributed by atoms with van der Waals surface area (Å²) in [6, 6.07) is 10.2. The molecule has 0 spiro atoms. The van der Waals surface area contributed by atoms with E-state index in [1.807, 2.05) is 26.8 Å². The molecule has 7 heteroatoms. The Morgan fingerprint density at radius 3 is 2.22 bits per heavy atom. The molecule has 0 aliphatic carbocycles. The topological polar surface area (TPSA) is 80.1 Å². The van der Waals surface area contributed by atoms with Gasteiger partial charge in [0.15, 0.2) is 25.1 Å². The molecule has 2 rings (SSSR count). The third kappa shape index (κ3) is 4.96. The lowest BCUT2D eigenvalue weighted by Crippen LogP contribution is -2.16. The van der Waals surface area contributed by atoms with E-state index in [2.05, 4.69) is 0 Å². The highest BCUT2D eigenvalue weighted by Crippen LogP contribution is 2.43. The Balaban J connectivity index is 2.71. The fraction of sp³-hybridized carbons (Fsp3) is 0.400. The minimum absolute atomic E-state index is 0.0211. The van der Waals surface area contributed by atoms with Crippen LogP contribution >= 0.6 is 0 Å². The van der Waals surface area contributed by atoms with Crippen LogP contribution in [-0.4, -0.2) is 32.7 Å². The van der Waals surface area contributed by atoms with Crippen LogP contribution in [0.4, 0.5) is 5.69 Å². The fourth-order valence-corrected chi connectivity index (χ4v) is 2.69. The highest BCUT2D eigenvalue weighted by molar-refractivity contribution is 5.77. The van der Waals surface area contributed by atoms with Crippen molar-refractivity contribution in [2.75, 3.05) is 27.8 Å². The largest absolute Gasteiger partial charge is 0.464 e. The number of methoxy groups -OCH3 is 2.